The molecule has 3 nitrogen and oxygen atoms in total. The predicted molar refractivity (Wildman–Crippen MR) is 55.7 cm³/mol. The molecule has 0 heterocycles. The first-order valence-corrected chi connectivity index (χ1v) is 5.37. The lowest BCUT2D eigenvalue weighted by Gasteiger charge is -2.33. The van der Waals surface area contributed by atoms with Crippen LogP contribution < -0.4 is 5.73 Å². The van der Waals surface area contributed by atoms with E-state index in [9.17, 15) is 4.79 Å². The van der Waals surface area contributed by atoms with Gasteiger partial charge in [-0.2, -0.15) is 0 Å². The smallest absolute Gasteiger partial charge is 0.311 e. The van der Waals surface area contributed by atoms with E-state index in [1.165, 1.54) is 6.42 Å². The summed E-state index contributed by atoms with van der Waals surface area (Å²) in [6, 6.07) is 0. The van der Waals surface area contributed by atoms with Crippen molar-refractivity contribution in [3.8, 4) is 0 Å². The lowest BCUT2D eigenvalue weighted by atomic mass is 9.76. The molecule has 0 unspecified atom stereocenters. The van der Waals surface area contributed by atoms with E-state index in [2.05, 4.69) is 0 Å². The second-order valence-electron chi connectivity index (χ2n) is 5.07. The first kappa shape index (κ1) is 11.5. The number of esters is 1. The lowest BCUT2D eigenvalue weighted by Crippen LogP contribution is -2.39. The summed E-state index contributed by atoms with van der Waals surface area (Å²) in [5.74, 6) is 0.266. The van der Waals surface area contributed by atoms with Gasteiger partial charge in [0.1, 0.15) is 5.60 Å². The van der Waals surface area contributed by atoms with Crippen LogP contribution in [0.5, 0.6) is 0 Å². The maximum absolute atomic E-state index is 11.7. The highest BCUT2D eigenvalue weighted by molar-refractivity contribution is 5.73. The van der Waals surface area contributed by atoms with Crippen molar-refractivity contribution in [3.05, 3.63) is 0 Å². The van der Waals surface area contributed by atoms with Gasteiger partial charge in [0.05, 0.1) is 5.92 Å². The van der Waals surface area contributed by atoms with Gasteiger partial charge in [0.2, 0.25) is 0 Å². The molecule has 82 valence electrons. The minimum Gasteiger partial charge on any atom is -0.460 e. The van der Waals surface area contributed by atoms with Crippen LogP contribution in [0, 0.1) is 11.8 Å². The summed E-state index contributed by atoms with van der Waals surface area (Å²) in [5, 5.41) is 0. The molecule has 0 radical (unpaired) electrons. The normalized spacial score (nSPS) is 20.0. The van der Waals surface area contributed by atoms with Gasteiger partial charge in [0.15, 0.2) is 0 Å². The van der Waals surface area contributed by atoms with E-state index in [1.54, 1.807) is 0 Å². The van der Waals surface area contributed by atoms with Crippen LogP contribution in [-0.2, 0) is 9.53 Å². The van der Waals surface area contributed by atoms with Crippen molar-refractivity contribution in [3.63, 3.8) is 0 Å². The Hall–Kier alpha value is -0.570. The fourth-order valence-electron chi connectivity index (χ4n) is 1.70. The molecule has 0 saturated heterocycles. The number of nitrogens with two attached hydrogens (primary N) is 1. The number of carbonyl (C=O) groups is 1. The molecule has 0 bridgehead atoms. The zero-order valence-electron chi connectivity index (χ0n) is 9.38. The van der Waals surface area contributed by atoms with Crippen molar-refractivity contribution in [1.82, 2.24) is 0 Å². The number of carbonyl (C=O) groups excluding carboxylic acids is 1. The Balaban J connectivity index is 2.47. The van der Waals surface area contributed by atoms with Crippen LogP contribution in [-0.4, -0.2) is 18.1 Å². The van der Waals surface area contributed by atoms with Crippen molar-refractivity contribution >= 4 is 5.97 Å². The fraction of sp³-hybridized carbons (Fsp3) is 0.909. The van der Waals surface area contributed by atoms with Gasteiger partial charge in [-0.05, 0) is 39.5 Å². The third kappa shape index (κ3) is 2.98. The van der Waals surface area contributed by atoms with Crippen molar-refractivity contribution in [1.29, 1.82) is 0 Å². The molecule has 1 fully saturated rings. The largest absolute Gasteiger partial charge is 0.460 e. The topological polar surface area (TPSA) is 52.3 Å². The first-order valence-electron chi connectivity index (χ1n) is 5.37. The molecule has 0 aromatic heterocycles. The molecule has 3 heteroatoms. The lowest BCUT2D eigenvalue weighted by molar-refractivity contribution is -0.162. The van der Waals surface area contributed by atoms with E-state index < -0.39 is 5.60 Å². The summed E-state index contributed by atoms with van der Waals surface area (Å²) in [4.78, 5) is 11.7. The van der Waals surface area contributed by atoms with Crippen molar-refractivity contribution in [2.75, 3.05) is 6.54 Å². The molecule has 0 spiro atoms. The molecular weight excluding hydrogens is 178 g/mol. The van der Waals surface area contributed by atoms with Crippen LogP contribution in [0.2, 0.25) is 0 Å². The van der Waals surface area contributed by atoms with Crippen LogP contribution in [0.15, 0.2) is 0 Å². The Labute approximate surface area is 86.0 Å². The van der Waals surface area contributed by atoms with Crippen molar-refractivity contribution in [2.45, 2.75) is 45.6 Å². The van der Waals surface area contributed by atoms with E-state index >= 15 is 0 Å². The van der Waals surface area contributed by atoms with Crippen molar-refractivity contribution in [2.24, 2.45) is 17.6 Å². The number of hydrogen-bond donors (Lipinski definition) is 1. The first-order chi connectivity index (χ1) is 6.44. The predicted octanol–water partition coefficient (Wildman–Crippen LogP) is 1.70. The summed E-state index contributed by atoms with van der Waals surface area (Å²) < 4.78 is 5.33. The molecule has 1 atom stereocenters. The zero-order valence-corrected chi connectivity index (χ0v) is 9.38. The number of ether oxygens (including phenoxy) is 1. The summed E-state index contributed by atoms with van der Waals surface area (Å²) in [6.45, 7) is 6.08. The molecule has 1 rings (SSSR count). The number of hydrogen-bond acceptors (Lipinski definition) is 3. The molecule has 0 aromatic carbocycles. The van der Waals surface area contributed by atoms with Crippen LogP contribution in [0.25, 0.3) is 0 Å². The molecule has 1 aliphatic rings. The minimum absolute atomic E-state index is 0.0806. The van der Waals surface area contributed by atoms with Gasteiger partial charge in [-0.1, -0.05) is 6.42 Å². The van der Waals surface area contributed by atoms with Gasteiger partial charge in [-0.25, -0.2) is 0 Å². The monoisotopic (exact) mass is 199 g/mol. The molecule has 0 aliphatic heterocycles. The quantitative estimate of drug-likeness (QED) is 0.704. The SMILES string of the molecule is CC(C)(C)OC(=O)[C@@H](CN)C1CCC1. The Kier molecular flexibility index (Phi) is 3.53. The Morgan fingerprint density at radius 1 is 1.50 bits per heavy atom. The standard InChI is InChI=1S/C11H21NO2/c1-11(2,3)14-10(13)9(7-12)8-5-4-6-8/h8-9H,4-7,12H2,1-3H3/t9-/m0/s1. The molecule has 1 aliphatic carbocycles. The number of rotatable bonds is 3. The van der Waals surface area contributed by atoms with Crippen LogP contribution >= 0.6 is 0 Å². The highest BCUT2D eigenvalue weighted by Gasteiger charge is 2.34. The maximum atomic E-state index is 11.7. The van der Waals surface area contributed by atoms with E-state index in [0.29, 0.717) is 12.5 Å². The molecule has 1 saturated carbocycles. The third-order valence-corrected chi connectivity index (χ3v) is 2.68. The van der Waals surface area contributed by atoms with Gasteiger partial charge in [-0.15, -0.1) is 0 Å². The Bertz CT molecular complexity index is 204. The minimum atomic E-state index is -0.395. The van der Waals surface area contributed by atoms with E-state index in [0.717, 1.165) is 12.8 Å². The van der Waals surface area contributed by atoms with E-state index in [4.69, 9.17) is 10.5 Å². The molecule has 2 N–H and O–H groups in total. The van der Waals surface area contributed by atoms with Gasteiger partial charge in [0.25, 0.3) is 0 Å². The molecule has 0 amide bonds. The molecule has 0 aromatic rings. The molecular formula is C11H21NO2. The summed E-state index contributed by atoms with van der Waals surface area (Å²) >= 11 is 0. The Morgan fingerprint density at radius 2 is 2.07 bits per heavy atom. The maximum Gasteiger partial charge on any atom is 0.311 e. The summed E-state index contributed by atoms with van der Waals surface area (Å²) in [6.07, 6.45) is 3.48. The second-order valence-corrected chi connectivity index (χ2v) is 5.07. The highest BCUT2D eigenvalue weighted by Crippen LogP contribution is 2.34. The third-order valence-electron chi connectivity index (χ3n) is 2.68. The van der Waals surface area contributed by atoms with Gasteiger partial charge < -0.3 is 10.5 Å². The van der Waals surface area contributed by atoms with Crippen LogP contribution in [0.4, 0.5) is 0 Å². The summed E-state index contributed by atoms with van der Waals surface area (Å²) in [7, 11) is 0. The van der Waals surface area contributed by atoms with Crippen LogP contribution in [0.1, 0.15) is 40.0 Å². The van der Waals surface area contributed by atoms with Gasteiger partial charge in [0, 0.05) is 6.54 Å². The highest BCUT2D eigenvalue weighted by atomic mass is 16.6. The van der Waals surface area contributed by atoms with Crippen molar-refractivity contribution < 1.29 is 9.53 Å². The van der Waals surface area contributed by atoms with E-state index in [-0.39, 0.29) is 11.9 Å². The second kappa shape index (κ2) is 4.30. The average Bonchev–Trinajstić information content (AvgIpc) is 1.92. The van der Waals surface area contributed by atoms with Gasteiger partial charge in [-0.3, -0.25) is 4.79 Å². The van der Waals surface area contributed by atoms with Gasteiger partial charge >= 0.3 is 5.97 Å². The summed E-state index contributed by atoms with van der Waals surface area (Å²) in [5.41, 5.74) is 5.21. The zero-order chi connectivity index (χ0) is 10.8. The molecule has 14 heavy (non-hydrogen) atoms. The Morgan fingerprint density at radius 3 is 2.36 bits per heavy atom. The van der Waals surface area contributed by atoms with E-state index in [1.807, 2.05) is 20.8 Å². The average molecular weight is 199 g/mol. The fourth-order valence-corrected chi connectivity index (χ4v) is 1.70. The van der Waals surface area contributed by atoms with Crippen LogP contribution in [0.3, 0.4) is 0 Å².